The number of hydrogen-bond donors (Lipinski definition) is 1. The maximum Gasteiger partial charge on any atom is 0.229 e. The number of phenols is 1. The first kappa shape index (κ1) is 15.1. The van der Waals surface area contributed by atoms with Crippen LogP contribution in [0.25, 0.3) is 33.6 Å². The van der Waals surface area contributed by atoms with Crippen LogP contribution in [0.2, 0.25) is 0 Å². The second-order valence-electron chi connectivity index (χ2n) is 6.60. The normalized spacial score (nSPS) is 15.0. The van der Waals surface area contributed by atoms with Gasteiger partial charge in [-0.05, 0) is 43.5 Å². The number of nitrogens with zero attached hydrogens (tertiary/aromatic N) is 4. The lowest BCUT2D eigenvalue weighted by atomic mass is 10.1. The lowest BCUT2D eigenvalue weighted by Crippen LogP contribution is -2.30. The summed E-state index contributed by atoms with van der Waals surface area (Å²) >= 11 is 0. The van der Waals surface area contributed by atoms with Crippen molar-refractivity contribution in [3.8, 4) is 17.1 Å². The molecular formula is C20H18N4O2. The number of hydrogen-bond acceptors (Lipinski definition) is 6. The Morgan fingerprint density at radius 1 is 1.00 bits per heavy atom. The largest absolute Gasteiger partial charge is 0.508 e. The second kappa shape index (κ2) is 5.98. The summed E-state index contributed by atoms with van der Waals surface area (Å²) in [5.74, 6) is 1.59. The van der Waals surface area contributed by atoms with Crippen molar-refractivity contribution in [3.05, 3.63) is 42.6 Å². The molecule has 0 aliphatic carbocycles. The van der Waals surface area contributed by atoms with Gasteiger partial charge < -0.3 is 14.4 Å². The summed E-state index contributed by atoms with van der Waals surface area (Å²) in [4.78, 5) is 16.2. The molecule has 3 aromatic heterocycles. The average Bonchev–Trinajstić information content (AvgIpc) is 3.06. The molecule has 26 heavy (non-hydrogen) atoms. The Kier molecular flexibility index (Phi) is 3.48. The van der Waals surface area contributed by atoms with E-state index in [1.165, 1.54) is 6.42 Å². The van der Waals surface area contributed by atoms with Gasteiger partial charge in [0.15, 0.2) is 17.2 Å². The van der Waals surface area contributed by atoms with Gasteiger partial charge >= 0.3 is 0 Å². The fourth-order valence-electron chi connectivity index (χ4n) is 3.56. The summed E-state index contributed by atoms with van der Waals surface area (Å²) in [6, 6.07) is 10.9. The number of piperidine rings is 1. The molecule has 5 rings (SSSR count). The van der Waals surface area contributed by atoms with Crippen LogP contribution < -0.4 is 4.90 Å². The van der Waals surface area contributed by atoms with E-state index in [1.54, 1.807) is 24.4 Å². The number of furan rings is 1. The van der Waals surface area contributed by atoms with Gasteiger partial charge in [-0.15, -0.1) is 0 Å². The molecule has 1 fully saturated rings. The van der Waals surface area contributed by atoms with E-state index in [1.807, 2.05) is 18.2 Å². The molecule has 6 heteroatoms. The molecule has 1 aliphatic rings. The number of phenolic OH excluding ortho intramolecular Hbond substituents is 1. The smallest absolute Gasteiger partial charge is 0.229 e. The first-order valence-electron chi connectivity index (χ1n) is 8.89. The highest BCUT2D eigenvalue weighted by Gasteiger charge is 2.22. The molecule has 4 aromatic rings. The molecule has 0 saturated carbocycles. The van der Waals surface area contributed by atoms with Crippen LogP contribution in [0.1, 0.15) is 19.3 Å². The summed E-state index contributed by atoms with van der Waals surface area (Å²) in [6.07, 6.45) is 5.25. The predicted molar refractivity (Wildman–Crippen MR) is 100 cm³/mol. The Bertz CT molecular complexity index is 1100. The van der Waals surface area contributed by atoms with Crippen LogP contribution in [0.3, 0.4) is 0 Å². The number of pyridine rings is 1. The van der Waals surface area contributed by atoms with Gasteiger partial charge in [-0.25, -0.2) is 15.0 Å². The average molecular weight is 346 g/mol. The Labute approximate surface area is 150 Å². The van der Waals surface area contributed by atoms with Crippen molar-refractivity contribution in [1.29, 1.82) is 0 Å². The zero-order valence-corrected chi connectivity index (χ0v) is 14.2. The van der Waals surface area contributed by atoms with Gasteiger partial charge in [0.2, 0.25) is 5.71 Å². The minimum atomic E-state index is 0.199. The molecule has 1 saturated heterocycles. The molecule has 4 heterocycles. The fraction of sp³-hybridized carbons (Fsp3) is 0.250. The number of aromatic hydroxyl groups is 1. The quantitative estimate of drug-likeness (QED) is 0.588. The fourth-order valence-corrected chi connectivity index (χ4v) is 3.56. The zero-order valence-electron chi connectivity index (χ0n) is 14.2. The molecule has 0 atom stereocenters. The van der Waals surface area contributed by atoms with Crippen LogP contribution >= 0.6 is 0 Å². The van der Waals surface area contributed by atoms with Crippen LogP contribution in [-0.4, -0.2) is 33.1 Å². The second-order valence-corrected chi connectivity index (χ2v) is 6.60. The number of rotatable bonds is 2. The van der Waals surface area contributed by atoms with Crippen molar-refractivity contribution < 1.29 is 9.52 Å². The molecule has 0 bridgehead atoms. The summed E-state index contributed by atoms with van der Waals surface area (Å²) in [5.41, 5.74) is 2.80. The molecule has 1 aromatic carbocycles. The highest BCUT2D eigenvalue weighted by molar-refractivity contribution is 6.05. The van der Waals surface area contributed by atoms with E-state index in [9.17, 15) is 5.11 Å². The first-order chi connectivity index (χ1) is 12.8. The molecular weight excluding hydrogens is 328 g/mol. The van der Waals surface area contributed by atoms with Gasteiger partial charge in [-0.3, -0.25) is 0 Å². The number of benzene rings is 1. The maximum atomic E-state index is 9.84. The van der Waals surface area contributed by atoms with Crippen LogP contribution in [0.5, 0.6) is 5.75 Å². The van der Waals surface area contributed by atoms with Gasteiger partial charge in [0.25, 0.3) is 0 Å². The summed E-state index contributed by atoms with van der Waals surface area (Å²) < 4.78 is 6.02. The third-order valence-corrected chi connectivity index (χ3v) is 4.83. The van der Waals surface area contributed by atoms with Gasteiger partial charge in [-0.2, -0.15) is 0 Å². The van der Waals surface area contributed by atoms with Gasteiger partial charge in [0.05, 0.1) is 5.39 Å². The SMILES string of the molecule is Oc1cccc(-c2nc(N3CCCCC3)c3oc4ncccc4c3n2)c1. The number of aromatic nitrogens is 3. The van der Waals surface area contributed by atoms with E-state index >= 15 is 0 Å². The van der Waals surface area contributed by atoms with E-state index in [0.29, 0.717) is 17.1 Å². The Balaban J connectivity index is 1.79. The van der Waals surface area contributed by atoms with E-state index in [0.717, 1.165) is 48.2 Å². The van der Waals surface area contributed by atoms with Gasteiger partial charge in [0, 0.05) is 24.8 Å². The van der Waals surface area contributed by atoms with E-state index in [2.05, 4.69) is 9.88 Å². The van der Waals surface area contributed by atoms with Crippen molar-refractivity contribution >= 4 is 28.0 Å². The third-order valence-electron chi connectivity index (χ3n) is 4.83. The lowest BCUT2D eigenvalue weighted by Gasteiger charge is -2.27. The van der Waals surface area contributed by atoms with Crippen LogP contribution in [-0.2, 0) is 0 Å². The molecule has 0 unspecified atom stereocenters. The van der Waals surface area contributed by atoms with Crippen molar-refractivity contribution in [3.63, 3.8) is 0 Å². The van der Waals surface area contributed by atoms with Crippen molar-refractivity contribution in [2.75, 3.05) is 18.0 Å². The monoisotopic (exact) mass is 346 g/mol. The van der Waals surface area contributed by atoms with Crippen molar-refractivity contribution in [2.45, 2.75) is 19.3 Å². The van der Waals surface area contributed by atoms with E-state index < -0.39 is 0 Å². The highest BCUT2D eigenvalue weighted by atomic mass is 16.3. The molecule has 0 amide bonds. The van der Waals surface area contributed by atoms with Crippen molar-refractivity contribution in [2.24, 2.45) is 0 Å². The zero-order chi connectivity index (χ0) is 17.5. The Morgan fingerprint density at radius 2 is 1.88 bits per heavy atom. The standard InChI is InChI=1S/C20H18N4O2/c25-14-7-4-6-13(12-14)18-22-16-15-8-5-9-21-20(15)26-17(16)19(23-18)24-10-2-1-3-11-24/h4-9,12,25H,1-3,10-11H2. The van der Waals surface area contributed by atoms with Gasteiger partial charge in [0.1, 0.15) is 11.3 Å². The van der Waals surface area contributed by atoms with Gasteiger partial charge in [-0.1, -0.05) is 12.1 Å². The maximum absolute atomic E-state index is 9.84. The molecule has 1 aliphatic heterocycles. The van der Waals surface area contributed by atoms with Crippen LogP contribution in [0, 0.1) is 0 Å². The molecule has 130 valence electrons. The number of fused-ring (bicyclic) bond motifs is 3. The molecule has 6 nitrogen and oxygen atoms in total. The Hall–Kier alpha value is -3.15. The van der Waals surface area contributed by atoms with E-state index in [4.69, 9.17) is 14.4 Å². The molecule has 1 N–H and O–H groups in total. The van der Waals surface area contributed by atoms with Crippen LogP contribution in [0.4, 0.5) is 5.82 Å². The third kappa shape index (κ3) is 2.45. The summed E-state index contributed by atoms with van der Waals surface area (Å²) in [5, 5.41) is 10.7. The molecule has 0 spiro atoms. The molecule has 0 radical (unpaired) electrons. The van der Waals surface area contributed by atoms with Crippen molar-refractivity contribution in [1.82, 2.24) is 15.0 Å². The minimum Gasteiger partial charge on any atom is -0.508 e. The highest BCUT2D eigenvalue weighted by Crippen LogP contribution is 2.35. The predicted octanol–water partition coefficient (Wildman–Crippen LogP) is 4.13. The minimum absolute atomic E-state index is 0.199. The summed E-state index contributed by atoms with van der Waals surface area (Å²) in [6.45, 7) is 1.91. The van der Waals surface area contributed by atoms with E-state index in [-0.39, 0.29) is 5.75 Å². The number of anilines is 1. The van der Waals surface area contributed by atoms with Crippen LogP contribution in [0.15, 0.2) is 47.0 Å². The lowest BCUT2D eigenvalue weighted by molar-refractivity contribution is 0.475. The first-order valence-corrected chi connectivity index (χ1v) is 8.89. The Morgan fingerprint density at radius 3 is 2.73 bits per heavy atom. The topological polar surface area (TPSA) is 75.3 Å². The summed E-state index contributed by atoms with van der Waals surface area (Å²) in [7, 11) is 0.